The SMILES string of the molecule is COc1ccc(OC(=O)C(N)CC=O)cc1. The van der Waals surface area contributed by atoms with E-state index in [4.69, 9.17) is 15.2 Å². The predicted molar refractivity (Wildman–Crippen MR) is 57.3 cm³/mol. The van der Waals surface area contributed by atoms with Crippen LogP contribution in [-0.4, -0.2) is 25.4 Å². The fourth-order valence-electron chi connectivity index (χ4n) is 1.04. The van der Waals surface area contributed by atoms with Gasteiger partial charge in [-0.3, -0.25) is 0 Å². The van der Waals surface area contributed by atoms with Crippen molar-refractivity contribution in [2.75, 3.05) is 7.11 Å². The van der Waals surface area contributed by atoms with Crippen molar-refractivity contribution in [1.29, 1.82) is 0 Å². The molecule has 0 spiro atoms. The van der Waals surface area contributed by atoms with Gasteiger partial charge in [0.15, 0.2) is 0 Å². The molecule has 0 saturated heterocycles. The van der Waals surface area contributed by atoms with Crippen LogP contribution in [0, 0.1) is 0 Å². The molecule has 16 heavy (non-hydrogen) atoms. The average molecular weight is 223 g/mol. The van der Waals surface area contributed by atoms with E-state index in [2.05, 4.69) is 0 Å². The van der Waals surface area contributed by atoms with Crippen LogP contribution < -0.4 is 15.2 Å². The van der Waals surface area contributed by atoms with Gasteiger partial charge < -0.3 is 20.0 Å². The topological polar surface area (TPSA) is 78.6 Å². The quantitative estimate of drug-likeness (QED) is 0.447. The van der Waals surface area contributed by atoms with E-state index in [1.54, 1.807) is 31.4 Å². The summed E-state index contributed by atoms with van der Waals surface area (Å²) in [5, 5.41) is 0. The molecule has 0 aromatic heterocycles. The summed E-state index contributed by atoms with van der Waals surface area (Å²) in [6.45, 7) is 0. The van der Waals surface area contributed by atoms with Gasteiger partial charge in [0.1, 0.15) is 23.8 Å². The summed E-state index contributed by atoms with van der Waals surface area (Å²) in [6, 6.07) is 5.58. The van der Waals surface area contributed by atoms with Crippen LogP contribution in [0.4, 0.5) is 0 Å². The lowest BCUT2D eigenvalue weighted by Gasteiger charge is -2.08. The summed E-state index contributed by atoms with van der Waals surface area (Å²) in [5.41, 5.74) is 5.40. The molecule has 1 aromatic rings. The molecule has 2 N–H and O–H groups in total. The van der Waals surface area contributed by atoms with Crippen molar-refractivity contribution in [3.8, 4) is 11.5 Å². The molecular weight excluding hydrogens is 210 g/mol. The van der Waals surface area contributed by atoms with E-state index in [0.29, 0.717) is 17.8 Å². The van der Waals surface area contributed by atoms with E-state index in [0.717, 1.165) is 0 Å². The number of carbonyl (C=O) groups excluding carboxylic acids is 2. The molecule has 0 fully saturated rings. The number of esters is 1. The number of benzene rings is 1. The zero-order valence-electron chi connectivity index (χ0n) is 8.88. The Hall–Kier alpha value is -1.88. The summed E-state index contributed by atoms with van der Waals surface area (Å²) >= 11 is 0. The summed E-state index contributed by atoms with van der Waals surface area (Å²) < 4.78 is 9.90. The van der Waals surface area contributed by atoms with Crippen molar-refractivity contribution < 1.29 is 19.1 Å². The molecule has 1 rings (SSSR count). The van der Waals surface area contributed by atoms with Gasteiger partial charge in [-0.25, -0.2) is 4.79 Å². The van der Waals surface area contributed by atoms with E-state index < -0.39 is 12.0 Å². The summed E-state index contributed by atoms with van der Waals surface area (Å²) in [5.74, 6) is 0.404. The van der Waals surface area contributed by atoms with Crippen LogP contribution in [0.2, 0.25) is 0 Å². The Bertz CT molecular complexity index is 361. The molecule has 0 heterocycles. The van der Waals surface area contributed by atoms with Gasteiger partial charge in [-0.15, -0.1) is 0 Å². The van der Waals surface area contributed by atoms with Crippen LogP contribution in [-0.2, 0) is 9.59 Å². The molecule has 86 valence electrons. The minimum absolute atomic E-state index is 0.0466. The summed E-state index contributed by atoms with van der Waals surface area (Å²) in [7, 11) is 1.54. The van der Waals surface area contributed by atoms with Gasteiger partial charge in [0.2, 0.25) is 0 Å². The molecule has 0 amide bonds. The van der Waals surface area contributed by atoms with Crippen molar-refractivity contribution in [2.24, 2.45) is 5.73 Å². The normalized spacial score (nSPS) is 11.6. The lowest BCUT2D eigenvalue weighted by atomic mass is 10.2. The van der Waals surface area contributed by atoms with Gasteiger partial charge in [-0.05, 0) is 24.3 Å². The van der Waals surface area contributed by atoms with Gasteiger partial charge in [-0.2, -0.15) is 0 Å². The lowest BCUT2D eigenvalue weighted by molar-refractivity contribution is -0.136. The molecular formula is C11H13NO4. The number of nitrogens with two attached hydrogens (primary N) is 1. The van der Waals surface area contributed by atoms with Crippen molar-refractivity contribution in [1.82, 2.24) is 0 Å². The van der Waals surface area contributed by atoms with Crippen molar-refractivity contribution in [3.63, 3.8) is 0 Å². The molecule has 0 saturated carbocycles. The van der Waals surface area contributed by atoms with E-state index in [1.807, 2.05) is 0 Å². The molecule has 5 heteroatoms. The van der Waals surface area contributed by atoms with Gasteiger partial charge in [-0.1, -0.05) is 0 Å². The third-order valence-electron chi connectivity index (χ3n) is 1.93. The van der Waals surface area contributed by atoms with E-state index >= 15 is 0 Å². The van der Waals surface area contributed by atoms with E-state index in [9.17, 15) is 9.59 Å². The third-order valence-corrected chi connectivity index (χ3v) is 1.93. The van der Waals surface area contributed by atoms with E-state index in [1.165, 1.54) is 0 Å². The zero-order chi connectivity index (χ0) is 12.0. The fourth-order valence-corrected chi connectivity index (χ4v) is 1.04. The minimum Gasteiger partial charge on any atom is -0.497 e. The number of carbonyl (C=O) groups is 2. The first kappa shape index (κ1) is 12.2. The first-order valence-corrected chi connectivity index (χ1v) is 4.72. The highest BCUT2D eigenvalue weighted by atomic mass is 16.5. The maximum absolute atomic E-state index is 11.3. The Kier molecular flexibility index (Phi) is 4.47. The smallest absolute Gasteiger partial charge is 0.328 e. The van der Waals surface area contributed by atoms with Crippen LogP contribution in [0.5, 0.6) is 11.5 Å². The molecule has 5 nitrogen and oxygen atoms in total. The summed E-state index contributed by atoms with van der Waals surface area (Å²) in [4.78, 5) is 21.5. The number of ether oxygens (including phenoxy) is 2. The first-order valence-electron chi connectivity index (χ1n) is 4.72. The molecule has 1 aromatic carbocycles. The van der Waals surface area contributed by atoms with Gasteiger partial charge in [0.25, 0.3) is 0 Å². The van der Waals surface area contributed by atoms with Crippen molar-refractivity contribution >= 4 is 12.3 Å². The van der Waals surface area contributed by atoms with Crippen molar-refractivity contribution in [2.45, 2.75) is 12.5 Å². The maximum atomic E-state index is 11.3. The highest BCUT2D eigenvalue weighted by molar-refractivity contribution is 5.80. The standard InChI is InChI=1S/C11H13NO4/c1-15-8-2-4-9(5-3-8)16-11(14)10(12)6-7-13/h2-5,7,10H,6,12H2,1H3. The Morgan fingerprint density at radius 3 is 2.44 bits per heavy atom. The van der Waals surface area contributed by atoms with Gasteiger partial charge >= 0.3 is 5.97 Å². The molecule has 0 bridgehead atoms. The van der Waals surface area contributed by atoms with Gasteiger partial charge in [0.05, 0.1) is 7.11 Å². The van der Waals surface area contributed by atoms with E-state index in [-0.39, 0.29) is 6.42 Å². The Balaban J connectivity index is 2.58. The average Bonchev–Trinajstić information content (AvgIpc) is 2.30. The zero-order valence-corrected chi connectivity index (χ0v) is 8.88. The molecule has 1 atom stereocenters. The van der Waals surface area contributed by atoms with Crippen LogP contribution >= 0.6 is 0 Å². The van der Waals surface area contributed by atoms with Crippen LogP contribution in [0.3, 0.4) is 0 Å². The Morgan fingerprint density at radius 2 is 1.94 bits per heavy atom. The molecule has 0 aliphatic carbocycles. The predicted octanol–water partition coefficient (Wildman–Crippen LogP) is 0.517. The fraction of sp³-hybridized carbons (Fsp3) is 0.273. The molecule has 0 aliphatic rings. The number of methoxy groups -OCH3 is 1. The van der Waals surface area contributed by atoms with Crippen molar-refractivity contribution in [3.05, 3.63) is 24.3 Å². The largest absolute Gasteiger partial charge is 0.497 e. The second-order valence-electron chi connectivity index (χ2n) is 3.11. The lowest BCUT2D eigenvalue weighted by Crippen LogP contribution is -2.34. The second-order valence-corrected chi connectivity index (χ2v) is 3.11. The molecule has 0 aliphatic heterocycles. The maximum Gasteiger partial charge on any atom is 0.328 e. The second kappa shape index (κ2) is 5.87. The molecule has 1 unspecified atom stereocenters. The van der Waals surface area contributed by atoms with Crippen LogP contribution in [0.25, 0.3) is 0 Å². The summed E-state index contributed by atoms with van der Waals surface area (Å²) in [6.07, 6.45) is 0.537. The number of hydrogen-bond acceptors (Lipinski definition) is 5. The van der Waals surface area contributed by atoms with Gasteiger partial charge in [0, 0.05) is 6.42 Å². The number of rotatable bonds is 5. The minimum atomic E-state index is -0.917. The van der Waals surface area contributed by atoms with Crippen LogP contribution in [0.15, 0.2) is 24.3 Å². The molecule has 0 radical (unpaired) electrons. The third kappa shape index (κ3) is 3.36. The number of hydrogen-bond donors (Lipinski definition) is 1. The Morgan fingerprint density at radius 1 is 1.38 bits per heavy atom. The first-order chi connectivity index (χ1) is 7.67. The highest BCUT2D eigenvalue weighted by Crippen LogP contribution is 2.17. The van der Waals surface area contributed by atoms with Crippen LogP contribution in [0.1, 0.15) is 6.42 Å². The monoisotopic (exact) mass is 223 g/mol. The number of aldehydes is 1. The highest BCUT2D eigenvalue weighted by Gasteiger charge is 2.15. The Labute approximate surface area is 93.1 Å².